The van der Waals surface area contributed by atoms with E-state index in [9.17, 15) is 18.0 Å². The van der Waals surface area contributed by atoms with Crippen LogP contribution in [0.3, 0.4) is 0 Å². The van der Waals surface area contributed by atoms with Gasteiger partial charge in [0.1, 0.15) is 0 Å². The van der Waals surface area contributed by atoms with Crippen molar-refractivity contribution >= 4 is 5.91 Å². The smallest absolute Gasteiger partial charge is 0.368 e. The Kier molecular flexibility index (Phi) is 4.76. The number of hydrogen-bond acceptors (Lipinski definition) is 5. The molecule has 9 heteroatoms. The van der Waals surface area contributed by atoms with E-state index in [1.807, 2.05) is 4.90 Å². The van der Waals surface area contributed by atoms with E-state index < -0.39 is 11.7 Å². The van der Waals surface area contributed by atoms with Gasteiger partial charge in [0.05, 0.1) is 18.2 Å². The van der Waals surface area contributed by atoms with Crippen molar-refractivity contribution in [2.24, 2.45) is 5.73 Å². The minimum atomic E-state index is -4.39. The molecule has 25 heavy (non-hydrogen) atoms. The zero-order valence-electron chi connectivity index (χ0n) is 13.3. The van der Waals surface area contributed by atoms with Crippen LogP contribution in [0.2, 0.25) is 0 Å². The highest BCUT2D eigenvalue weighted by Gasteiger charge is 2.30. The second-order valence-electron chi connectivity index (χ2n) is 5.97. The summed E-state index contributed by atoms with van der Waals surface area (Å²) in [6.45, 7) is 0.979. The largest absolute Gasteiger partial charge is 0.416 e. The highest BCUT2D eigenvalue weighted by atomic mass is 19.4. The molecule has 2 heterocycles. The molecule has 1 unspecified atom stereocenters. The average Bonchev–Trinajstić information content (AvgIpc) is 3.03. The van der Waals surface area contributed by atoms with Gasteiger partial charge in [-0.1, -0.05) is 23.7 Å². The summed E-state index contributed by atoms with van der Waals surface area (Å²) in [6, 6.07) is 4.17. The van der Waals surface area contributed by atoms with Crippen molar-refractivity contribution in [3.63, 3.8) is 0 Å². The Hall–Kier alpha value is -2.42. The highest BCUT2D eigenvalue weighted by molar-refractivity contribution is 5.79. The van der Waals surface area contributed by atoms with Gasteiger partial charge < -0.3 is 10.3 Å². The molecule has 1 amide bonds. The molecule has 134 valence electrons. The molecule has 1 aromatic heterocycles. The van der Waals surface area contributed by atoms with Gasteiger partial charge in [-0.05, 0) is 31.5 Å². The van der Waals surface area contributed by atoms with Crippen molar-refractivity contribution in [1.82, 2.24) is 15.0 Å². The summed E-state index contributed by atoms with van der Waals surface area (Å²) >= 11 is 0. The molecule has 0 saturated carbocycles. The molecule has 0 bridgehead atoms. The maximum atomic E-state index is 12.6. The van der Waals surface area contributed by atoms with E-state index in [0.717, 1.165) is 25.0 Å². The van der Waals surface area contributed by atoms with Crippen LogP contribution in [0.4, 0.5) is 13.2 Å². The van der Waals surface area contributed by atoms with Crippen LogP contribution < -0.4 is 5.73 Å². The molecular weight excluding hydrogens is 337 g/mol. The van der Waals surface area contributed by atoms with Crippen LogP contribution in [0.25, 0.3) is 11.4 Å². The Morgan fingerprint density at radius 1 is 1.28 bits per heavy atom. The van der Waals surface area contributed by atoms with E-state index in [0.29, 0.717) is 24.4 Å². The van der Waals surface area contributed by atoms with E-state index in [4.69, 9.17) is 10.3 Å². The monoisotopic (exact) mass is 354 g/mol. The fraction of sp³-hybridized carbons (Fsp3) is 0.438. The van der Waals surface area contributed by atoms with Crippen molar-refractivity contribution in [3.8, 4) is 11.4 Å². The lowest BCUT2D eigenvalue weighted by Gasteiger charge is -2.32. The Bertz CT molecular complexity index is 743. The zero-order valence-corrected chi connectivity index (χ0v) is 13.3. The summed E-state index contributed by atoms with van der Waals surface area (Å²) in [5, 5.41) is 3.80. The predicted molar refractivity (Wildman–Crippen MR) is 82.0 cm³/mol. The number of carbonyl (C=O) groups is 1. The Morgan fingerprint density at radius 3 is 2.64 bits per heavy atom. The highest BCUT2D eigenvalue weighted by Crippen LogP contribution is 2.30. The molecule has 6 nitrogen and oxygen atoms in total. The molecule has 0 radical (unpaired) electrons. The van der Waals surface area contributed by atoms with Crippen LogP contribution in [0.5, 0.6) is 0 Å². The SMILES string of the molecule is NC(=O)C1CCCCN1Cc1nc(-c2ccc(C(F)(F)F)cc2)no1. The van der Waals surface area contributed by atoms with E-state index in [1.165, 1.54) is 12.1 Å². The molecule has 1 aromatic carbocycles. The van der Waals surface area contributed by atoms with Gasteiger partial charge in [-0.3, -0.25) is 9.69 Å². The molecule has 3 rings (SSSR count). The quantitative estimate of drug-likeness (QED) is 0.912. The topological polar surface area (TPSA) is 85.3 Å². The third-order valence-corrected chi connectivity index (χ3v) is 4.22. The standard InChI is InChI=1S/C16H17F3N4O2/c17-16(18,19)11-6-4-10(5-7-11)15-21-13(25-22-15)9-23-8-2-1-3-12(23)14(20)24/h4-7,12H,1-3,8-9H2,(H2,20,24). The Balaban J connectivity index is 1.73. The number of halogens is 3. The minimum absolute atomic E-state index is 0.205. The number of amides is 1. The zero-order chi connectivity index (χ0) is 18.0. The Morgan fingerprint density at radius 2 is 2.00 bits per heavy atom. The van der Waals surface area contributed by atoms with Gasteiger partial charge in [-0.2, -0.15) is 18.2 Å². The lowest BCUT2D eigenvalue weighted by Crippen LogP contribution is -2.47. The van der Waals surface area contributed by atoms with Crippen LogP contribution in [0, 0.1) is 0 Å². The van der Waals surface area contributed by atoms with Crippen LogP contribution in [0.15, 0.2) is 28.8 Å². The van der Waals surface area contributed by atoms with E-state index >= 15 is 0 Å². The normalized spacial score (nSPS) is 19.1. The van der Waals surface area contributed by atoms with Crippen LogP contribution in [-0.2, 0) is 17.5 Å². The van der Waals surface area contributed by atoms with Crippen molar-refractivity contribution < 1.29 is 22.5 Å². The average molecular weight is 354 g/mol. The predicted octanol–water partition coefficient (Wildman–Crippen LogP) is 2.60. The van der Waals surface area contributed by atoms with Gasteiger partial charge in [-0.25, -0.2) is 0 Å². The van der Waals surface area contributed by atoms with Gasteiger partial charge in [0, 0.05) is 5.56 Å². The van der Waals surface area contributed by atoms with Crippen molar-refractivity contribution in [2.45, 2.75) is 38.0 Å². The number of hydrogen-bond donors (Lipinski definition) is 1. The van der Waals surface area contributed by atoms with Crippen LogP contribution >= 0.6 is 0 Å². The number of carbonyl (C=O) groups excluding carboxylic acids is 1. The summed E-state index contributed by atoms with van der Waals surface area (Å²) in [6.07, 6.45) is -1.82. The first-order valence-electron chi connectivity index (χ1n) is 7.88. The fourth-order valence-corrected chi connectivity index (χ4v) is 2.92. The Labute approximate surface area is 141 Å². The van der Waals surface area contributed by atoms with E-state index in [-0.39, 0.29) is 24.3 Å². The van der Waals surface area contributed by atoms with Crippen molar-refractivity contribution in [3.05, 3.63) is 35.7 Å². The number of nitrogens with two attached hydrogens (primary N) is 1. The molecule has 1 saturated heterocycles. The third kappa shape index (κ3) is 3.98. The molecule has 0 spiro atoms. The third-order valence-electron chi connectivity index (χ3n) is 4.22. The first kappa shape index (κ1) is 17.4. The van der Waals surface area contributed by atoms with Crippen molar-refractivity contribution in [1.29, 1.82) is 0 Å². The van der Waals surface area contributed by atoms with Gasteiger partial charge >= 0.3 is 6.18 Å². The van der Waals surface area contributed by atoms with Crippen molar-refractivity contribution in [2.75, 3.05) is 6.54 Å². The minimum Gasteiger partial charge on any atom is -0.368 e. The summed E-state index contributed by atoms with van der Waals surface area (Å²) in [5.74, 6) is 0.113. The number of benzene rings is 1. The van der Waals surface area contributed by atoms with E-state index in [2.05, 4.69) is 10.1 Å². The number of aromatic nitrogens is 2. The number of likely N-dealkylation sites (tertiary alicyclic amines) is 1. The molecule has 0 aliphatic carbocycles. The maximum absolute atomic E-state index is 12.6. The number of primary amides is 1. The molecule has 1 aliphatic rings. The first-order chi connectivity index (χ1) is 11.8. The number of alkyl halides is 3. The second-order valence-corrected chi connectivity index (χ2v) is 5.97. The molecule has 2 aromatic rings. The van der Waals surface area contributed by atoms with Gasteiger partial charge in [0.2, 0.25) is 17.6 Å². The first-order valence-corrected chi connectivity index (χ1v) is 7.88. The van der Waals surface area contributed by atoms with Gasteiger partial charge in [-0.15, -0.1) is 0 Å². The van der Waals surface area contributed by atoms with E-state index in [1.54, 1.807) is 0 Å². The van der Waals surface area contributed by atoms with Gasteiger partial charge in [0.25, 0.3) is 0 Å². The summed E-state index contributed by atoms with van der Waals surface area (Å²) in [5.41, 5.74) is 5.10. The summed E-state index contributed by atoms with van der Waals surface area (Å²) in [4.78, 5) is 17.6. The maximum Gasteiger partial charge on any atom is 0.416 e. The van der Waals surface area contributed by atoms with Crippen LogP contribution in [0.1, 0.15) is 30.7 Å². The summed E-state index contributed by atoms with van der Waals surface area (Å²) in [7, 11) is 0. The molecule has 2 N–H and O–H groups in total. The fourth-order valence-electron chi connectivity index (χ4n) is 2.92. The number of piperidine rings is 1. The lowest BCUT2D eigenvalue weighted by atomic mass is 10.0. The lowest BCUT2D eigenvalue weighted by molar-refractivity contribution is -0.137. The number of rotatable bonds is 4. The second kappa shape index (κ2) is 6.83. The molecule has 1 aliphatic heterocycles. The van der Waals surface area contributed by atoms with Gasteiger partial charge in [0.15, 0.2) is 0 Å². The molecule has 1 atom stereocenters. The van der Waals surface area contributed by atoms with Crippen LogP contribution in [-0.4, -0.2) is 33.5 Å². The number of nitrogens with zero attached hydrogens (tertiary/aromatic N) is 3. The molecule has 1 fully saturated rings. The molecular formula is C16H17F3N4O2. The summed E-state index contributed by atoms with van der Waals surface area (Å²) < 4.78 is 43.0.